The van der Waals surface area contributed by atoms with Crippen LogP contribution in [0.4, 0.5) is 0 Å². The van der Waals surface area contributed by atoms with Gasteiger partial charge in [0.25, 0.3) is 0 Å². The van der Waals surface area contributed by atoms with Crippen molar-refractivity contribution in [1.29, 1.82) is 0 Å². The van der Waals surface area contributed by atoms with Gasteiger partial charge in [0.15, 0.2) is 5.96 Å². The molecule has 2 fully saturated rings. The van der Waals surface area contributed by atoms with Gasteiger partial charge in [0, 0.05) is 19.1 Å². The van der Waals surface area contributed by atoms with Gasteiger partial charge in [-0.05, 0) is 25.2 Å². The van der Waals surface area contributed by atoms with Gasteiger partial charge in [-0.1, -0.05) is 26.2 Å². The average Bonchev–Trinajstić information content (AvgIpc) is 3.11. The molecule has 1 amide bonds. The van der Waals surface area contributed by atoms with Crippen molar-refractivity contribution in [3.05, 3.63) is 0 Å². The van der Waals surface area contributed by atoms with Gasteiger partial charge in [-0.2, -0.15) is 0 Å². The highest BCUT2D eigenvalue weighted by Gasteiger charge is 2.33. The molecule has 0 spiro atoms. The van der Waals surface area contributed by atoms with Crippen LogP contribution < -0.4 is 16.0 Å². The molecule has 6 heteroatoms. The van der Waals surface area contributed by atoms with Gasteiger partial charge in [-0.15, -0.1) is 24.0 Å². The molecule has 2 saturated carbocycles. The monoisotopic (exact) mass is 394 g/mol. The quantitative estimate of drug-likeness (QED) is 0.386. The van der Waals surface area contributed by atoms with E-state index in [1.165, 1.54) is 25.7 Å². The fourth-order valence-electron chi connectivity index (χ4n) is 2.58. The summed E-state index contributed by atoms with van der Waals surface area (Å²) in [6, 6.07) is 0.897. The van der Waals surface area contributed by atoms with E-state index >= 15 is 0 Å². The van der Waals surface area contributed by atoms with Crippen molar-refractivity contribution >= 4 is 35.8 Å². The lowest BCUT2D eigenvalue weighted by Crippen LogP contribution is -2.46. The number of amides is 1. The normalized spacial score (nSPS) is 26.4. The largest absolute Gasteiger partial charge is 0.353 e. The minimum absolute atomic E-state index is 0. The summed E-state index contributed by atoms with van der Waals surface area (Å²) in [7, 11) is 1.74. The molecule has 2 unspecified atom stereocenters. The molecule has 116 valence electrons. The number of carbonyl (C=O) groups is 1. The third-order valence-electron chi connectivity index (χ3n) is 4.04. The Kier molecular flexibility index (Phi) is 7.61. The highest BCUT2D eigenvalue weighted by Crippen LogP contribution is 2.28. The molecule has 2 aliphatic carbocycles. The first-order valence-corrected chi connectivity index (χ1v) is 7.45. The standard InChI is InChI=1S/C14H26N4O.HI/c1-10-8-12(10)18-14(15-2)16-9-13(19)17-11-6-4-3-5-7-11;/h10-12H,3-9H2,1-2H3,(H,17,19)(H2,15,16,18);1H. The second-order valence-electron chi connectivity index (χ2n) is 5.79. The number of carbonyl (C=O) groups excluding carboxylic acids is 1. The van der Waals surface area contributed by atoms with E-state index < -0.39 is 0 Å². The SMILES string of the molecule is CN=C(NCC(=O)NC1CCCCC1)NC1CC1C.I. The molecule has 0 aliphatic heterocycles. The van der Waals surface area contributed by atoms with E-state index in [-0.39, 0.29) is 29.9 Å². The molecular weight excluding hydrogens is 367 g/mol. The van der Waals surface area contributed by atoms with Gasteiger partial charge in [0.2, 0.25) is 5.91 Å². The predicted octanol–water partition coefficient (Wildman–Crippen LogP) is 1.63. The Morgan fingerprint density at radius 2 is 1.85 bits per heavy atom. The van der Waals surface area contributed by atoms with E-state index in [4.69, 9.17) is 0 Å². The third kappa shape index (κ3) is 5.85. The molecule has 0 saturated heterocycles. The summed E-state index contributed by atoms with van der Waals surface area (Å²) in [5, 5.41) is 9.48. The van der Waals surface area contributed by atoms with Crippen molar-refractivity contribution in [1.82, 2.24) is 16.0 Å². The predicted molar refractivity (Wildman–Crippen MR) is 92.5 cm³/mol. The number of hydrogen-bond donors (Lipinski definition) is 3. The lowest BCUT2D eigenvalue weighted by molar-refractivity contribution is -0.120. The first-order valence-electron chi connectivity index (χ1n) is 7.45. The molecule has 2 atom stereocenters. The Hall–Kier alpha value is -0.530. The van der Waals surface area contributed by atoms with Gasteiger partial charge < -0.3 is 16.0 Å². The zero-order chi connectivity index (χ0) is 13.7. The summed E-state index contributed by atoms with van der Waals surface area (Å²) in [4.78, 5) is 16.0. The highest BCUT2D eigenvalue weighted by molar-refractivity contribution is 14.0. The fraction of sp³-hybridized carbons (Fsp3) is 0.857. The molecule has 2 aliphatic rings. The molecule has 2 rings (SSSR count). The van der Waals surface area contributed by atoms with E-state index in [1.807, 2.05) is 0 Å². The van der Waals surface area contributed by atoms with Crippen molar-refractivity contribution in [2.45, 2.75) is 57.5 Å². The smallest absolute Gasteiger partial charge is 0.239 e. The summed E-state index contributed by atoms with van der Waals surface area (Å²) in [6.45, 7) is 2.51. The number of guanidine groups is 1. The van der Waals surface area contributed by atoms with Crippen LogP contribution >= 0.6 is 24.0 Å². The van der Waals surface area contributed by atoms with Crippen molar-refractivity contribution in [3.63, 3.8) is 0 Å². The minimum atomic E-state index is 0. The first-order chi connectivity index (χ1) is 9.19. The number of nitrogens with one attached hydrogen (secondary N) is 3. The molecule has 0 bridgehead atoms. The molecule has 5 nitrogen and oxygen atoms in total. The maximum Gasteiger partial charge on any atom is 0.239 e. The summed E-state index contributed by atoms with van der Waals surface area (Å²) in [5.74, 6) is 1.52. The molecule has 0 radical (unpaired) electrons. The van der Waals surface area contributed by atoms with Crippen LogP contribution in [-0.4, -0.2) is 37.5 Å². The van der Waals surface area contributed by atoms with Gasteiger partial charge >= 0.3 is 0 Å². The van der Waals surface area contributed by atoms with Gasteiger partial charge in [0.1, 0.15) is 0 Å². The van der Waals surface area contributed by atoms with Gasteiger partial charge in [-0.25, -0.2) is 0 Å². The van der Waals surface area contributed by atoms with E-state index in [0.29, 0.717) is 18.6 Å². The van der Waals surface area contributed by atoms with Crippen LogP contribution in [0.1, 0.15) is 45.4 Å². The Balaban J connectivity index is 0.00000200. The Morgan fingerprint density at radius 1 is 1.20 bits per heavy atom. The van der Waals surface area contributed by atoms with Crippen molar-refractivity contribution < 1.29 is 4.79 Å². The van der Waals surface area contributed by atoms with Crippen LogP contribution in [0.3, 0.4) is 0 Å². The van der Waals surface area contributed by atoms with Crippen molar-refractivity contribution in [2.24, 2.45) is 10.9 Å². The zero-order valence-electron chi connectivity index (χ0n) is 12.4. The number of hydrogen-bond acceptors (Lipinski definition) is 2. The van der Waals surface area contributed by atoms with E-state index in [1.54, 1.807) is 7.05 Å². The molecule has 0 aromatic rings. The minimum Gasteiger partial charge on any atom is -0.353 e. The Morgan fingerprint density at radius 3 is 2.40 bits per heavy atom. The van der Waals surface area contributed by atoms with Crippen LogP contribution in [0.25, 0.3) is 0 Å². The van der Waals surface area contributed by atoms with Crippen LogP contribution in [0.2, 0.25) is 0 Å². The zero-order valence-corrected chi connectivity index (χ0v) is 14.8. The lowest BCUT2D eigenvalue weighted by Gasteiger charge is -2.23. The maximum atomic E-state index is 11.8. The fourth-order valence-corrected chi connectivity index (χ4v) is 2.58. The van der Waals surface area contributed by atoms with Gasteiger partial charge in [0.05, 0.1) is 6.54 Å². The number of nitrogens with zero attached hydrogens (tertiary/aromatic N) is 1. The topological polar surface area (TPSA) is 65.5 Å². The first kappa shape index (κ1) is 17.5. The molecule has 0 aromatic carbocycles. The van der Waals surface area contributed by atoms with E-state index in [2.05, 4.69) is 27.9 Å². The molecule has 0 aromatic heterocycles. The second-order valence-corrected chi connectivity index (χ2v) is 5.79. The van der Waals surface area contributed by atoms with Crippen molar-refractivity contribution in [3.8, 4) is 0 Å². The maximum absolute atomic E-state index is 11.8. The van der Waals surface area contributed by atoms with Crippen LogP contribution in [0.5, 0.6) is 0 Å². The molecule has 0 heterocycles. The van der Waals surface area contributed by atoms with Crippen LogP contribution in [0.15, 0.2) is 4.99 Å². The summed E-state index contributed by atoms with van der Waals surface area (Å²) >= 11 is 0. The highest BCUT2D eigenvalue weighted by atomic mass is 127. The number of halogens is 1. The second kappa shape index (κ2) is 8.69. The molecule has 3 N–H and O–H groups in total. The molecule has 20 heavy (non-hydrogen) atoms. The van der Waals surface area contributed by atoms with E-state index in [0.717, 1.165) is 24.7 Å². The van der Waals surface area contributed by atoms with Crippen molar-refractivity contribution in [2.75, 3.05) is 13.6 Å². The van der Waals surface area contributed by atoms with E-state index in [9.17, 15) is 4.79 Å². The average molecular weight is 394 g/mol. The number of aliphatic imine (C=N–C) groups is 1. The number of rotatable bonds is 4. The molecular formula is C14H27IN4O. The van der Waals surface area contributed by atoms with Crippen LogP contribution in [0, 0.1) is 5.92 Å². The summed E-state index contributed by atoms with van der Waals surface area (Å²) in [6.07, 6.45) is 7.22. The lowest BCUT2D eigenvalue weighted by atomic mass is 9.95. The third-order valence-corrected chi connectivity index (χ3v) is 4.04. The Labute approximate surface area is 138 Å². The van der Waals surface area contributed by atoms with Crippen LogP contribution in [-0.2, 0) is 4.79 Å². The summed E-state index contributed by atoms with van der Waals surface area (Å²) < 4.78 is 0. The van der Waals surface area contributed by atoms with Gasteiger partial charge in [-0.3, -0.25) is 9.79 Å². The summed E-state index contributed by atoms with van der Waals surface area (Å²) in [5.41, 5.74) is 0. The Bertz CT molecular complexity index is 342.